The standard InChI is InChI=1S/C29H44N4O5/c1-18(2)15-20(27(36)37)30-28(38)31-21-16-32(22-12-8-7-11-19(22)3)23-13-9-10-14-24(23)33(26(21)35)17-25(34)29(4,5)6/h9-10,13-14,18-22H,7-8,11-12,15-17H2,1-6H3,(H,36,37)(H2,30,31,38)/t19?,20-,21+,22?/m0/s1. The van der Waals surface area contributed by atoms with E-state index >= 15 is 0 Å². The van der Waals surface area contributed by atoms with E-state index in [0.717, 1.165) is 31.4 Å². The second-order valence-corrected chi connectivity index (χ2v) is 12.3. The Bertz CT molecular complexity index is 1030. The van der Waals surface area contributed by atoms with Crippen molar-refractivity contribution in [1.82, 2.24) is 10.6 Å². The zero-order chi connectivity index (χ0) is 28.2. The molecule has 1 aromatic rings. The quantitative estimate of drug-likeness (QED) is 0.465. The molecule has 1 fully saturated rings. The van der Waals surface area contributed by atoms with Gasteiger partial charge in [0.1, 0.15) is 12.1 Å². The number of amides is 3. The molecule has 1 heterocycles. The van der Waals surface area contributed by atoms with Crippen LogP contribution < -0.4 is 20.4 Å². The number of aliphatic carboxylic acids is 1. The van der Waals surface area contributed by atoms with E-state index < -0.39 is 29.5 Å². The fourth-order valence-corrected chi connectivity index (χ4v) is 5.39. The number of Topliss-reactive ketones (excluding diaryl/α,β-unsaturated/α-hetero) is 1. The Labute approximate surface area is 226 Å². The van der Waals surface area contributed by atoms with E-state index in [9.17, 15) is 24.3 Å². The minimum absolute atomic E-state index is 0.0626. The van der Waals surface area contributed by atoms with Crippen LogP contribution in [0.2, 0.25) is 0 Å². The van der Waals surface area contributed by atoms with Crippen molar-refractivity contribution in [1.29, 1.82) is 0 Å². The molecule has 9 nitrogen and oxygen atoms in total. The fraction of sp³-hybridized carbons (Fsp3) is 0.655. The molecule has 0 saturated heterocycles. The number of carbonyl (C=O) groups is 4. The highest BCUT2D eigenvalue weighted by Gasteiger charge is 2.40. The zero-order valence-corrected chi connectivity index (χ0v) is 23.6. The number of carboxylic acids is 1. The monoisotopic (exact) mass is 528 g/mol. The number of rotatable bonds is 8. The lowest BCUT2D eigenvalue weighted by molar-refractivity contribution is -0.139. The van der Waals surface area contributed by atoms with Gasteiger partial charge in [-0.15, -0.1) is 0 Å². The number of carboxylic acid groups (broad SMARTS) is 1. The molecule has 1 aliphatic heterocycles. The number of carbonyl (C=O) groups excluding carboxylic acids is 3. The van der Waals surface area contributed by atoms with Crippen LogP contribution in [0.25, 0.3) is 0 Å². The van der Waals surface area contributed by atoms with Gasteiger partial charge in [0.05, 0.1) is 17.9 Å². The lowest BCUT2D eigenvalue weighted by atomic mass is 9.84. The normalized spacial score (nSPS) is 22.9. The Kier molecular flexibility index (Phi) is 9.44. The van der Waals surface area contributed by atoms with Crippen LogP contribution in [0.3, 0.4) is 0 Å². The van der Waals surface area contributed by atoms with Crippen molar-refractivity contribution in [2.24, 2.45) is 17.3 Å². The van der Waals surface area contributed by atoms with Gasteiger partial charge in [-0.1, -0.05) is 66.5 Å². The molecular formula is C29H44N4O5. The Balaban J connectivity index is 1.99. The van der Waals surface area contributed by atoms with Gasteiger partial charge >= 0.3 is 12.0 Å². The van der Waals surface area contributed by atoms with Crippen molar-refractivity contribution in [3.05, 3.63) is 24.3 Å². The predicted octanol–water partition coefficient (Wildman–Crippen LogP) is 4.20. The first kappa shape index (κ1) is 29.5. The fourth-order valence-electron chi connectivity index (χ4n) is 5.39. The maximum Gasteiger partial charge on any atom is 0.326 e. The van der Waals surface area contributed by atoms with Crippen molar-refractivity contribution in [2.45, 2.75) is 91.8 Å². The first-order chi connectivity index (χ1) is 17.8. The van der Waals surface area contributed by atoms with Crippen molar-refractivity contribution < 1.29 is 24.3 Å². The number of fused-ring (bicyclic) bond motifs is 1. The van der Waals surface area contributed by atoms with Crippen LogP contribution in [0.5, 0.6) is 0 Å². The van der Waals surface area contributed by atoms with Crippen LogP contribution in [0.1, 0.15) is 73.6 Å². The van der Waals surface area contributed by atoms with Crippen LogP contribution in [0, 0.1) is 17.3 Å². The van der Waals surface area contributed by atoms with E-state index in [-0.39, 0.29) is 43.2 Å². The molecule has 0 aromatic heterocycles. The largest absolute Gasteiger partial charge is 0.480 e. The van der Waals surface area contributed by atoms with Gasteiger partial charge < -0.3 is 25.5 Å². The number of nitrogens with one attached hydrogen (secondary N) is 2. The average molecular weight is 529 g/mol. The molecule has 0 radical (unpaired) electrons. The first-order valence-electron chi connectivity index (χ1n) is 13.8. The summed E-state index contributed by atoms with van der Waals surface area (Å²) in [6, 6.07) is 5.06. The summed E-state index contributed by atoms with van der Waals surface area (Å²) in [5.74, 6) is -1.14. The van der Waals surface area contributed by atoms with Crippen molar-refractivity contribution in [3.8, 4) is 0 Å². The Morgan fingerprint density at radius 1 is 1.08 bits per heavy atom. The number of ketones is 1. The number of para-hydroxylation sites is 2. The number of nitrogens with zero attached hydrogens (tertiary/aromatic N) is 2. The van der Waals surface area contributed by atoms with E-state index in [0.29, 0.717) is 11.6 Å². The number of benzene rings is 1. The number of urea groups is 1. The van der Waals surface area contributed by atoms with E-state index in [1.54, 1.807) is 0 Å². The highest BCUT2D eigenvalue weighted by atomic mass is 16.4. The molecule has 9 heteroatoms. The third-order valence-electron chi connectivity index (χ3n) is 7.65. The van der Waals surface area contributed by atoms with Gasteiger partial charge in [0.2, 0.25) is 0 Å². The third kappa shape index (κ3) is 7.05. The Hall–Kier alpha value is -3.10. The minimum atomic E-state index is -1.12. The SMILES string of the molecule is CC(C)C[C@H](NC(=O)N[C@@H]1CN(C2CCCCC2C)c2ccccc2N(CC(=O)C(C)(C)C)C1=O)C(=O)O. The summed E-state index contributed by atoms with van der Waals surface area (Å²) >= 11 is 0. The number of hydrogen-bond acceptors (Lipinski definition) is 5. The maximum absolute atomic E-state index is 14.0. The van der Waals surface area contributed by atoms with Gasteiger partial charge in [-0.25, -0.2) is 9.59 Å². The van der Waals surface area contributed by atoms with Crippen molar-refractivity contribution in [3.63, 3.8) is 0 Å². The average Bonchev–Trinajstić information content (AvgIpc) is 2.93. The molecule has 1 aliphatic carbocycles. The molecule has 4 atom stereocenters. The van der Waals surface area contributed by atoms with Crippen LogP contribution in [-0.4, -0.2) is 60.0 Å². The molecule has 0 spiro atoms. The maximum atomic E-state index is 14.0. The first-order valence-corrected chi connectivity index (χ1v) is 13.8. The van der Waals surface area contributed by atoms with Crippen molar-refractivity contribution >= 4 is 35.1 Å². The van der Waals surface area contributed by atoms with Crippen LogP contribution in [-0.2, 0) is 14.4 Å². The summed E-state index contributed by atoms with van der Waals surface area (Å²) in [5, 5.41) is 14.9. The smallest absolute Gasteiger partial charge is 0.326 e. The summed E-state index contributed by atoms with van der Waals surface area (Å²) in [7, 11) is 0. The van der Waals surface area contributed by atoms with Gasteiger partial charge in [0.25, 0.3) is 5.91 Å². The van der Waals surface area contributed by atoms with Crippen LogP contribution >= 0.6 is 0 Å². The molecule has 3 amide bonds. The minimum Gasteiger partial charge on any atom is -0.480 e. The molecule has 1 aromatic carbocycles. The molecule has 3 rings (SSSR count). The van der Waals surface area contributed by atoms with Gasteiger partial charge in [0.15, 0.2) is 5.78 Å². The summed E-state index contributed by atoms with van der Waals surface area (Å²) in [6.45, 7) is 11.6. The molecule has 1 saturated carbocycles. The molecule has 3 N–H and O–H groups in total. The molecule has 38 heavy (non-hydrogen) atoms. The Morgan fingerprint density at radius 3 is 2.29 bits per heavy atom. The summed E-state index contributed by atoms with van der Waals surface area (Å²) in [6.07, 6.45) is 4.57. The number of anilines is 2. The van der Waals surface area contributed by atoms with Gasteiger partial charge in [-0.2, -0.15) is 0 Å². The van der Waals surface area contributed by atoms with Gasteiger partial charge in [-0.05, 0) is 43.2 Å². The third-order valence-corrected chi connectivity index (χ3v) is 7.65. The summed E-state index contributed by atoms with van der Waals surface area (Å²) in [4.78, 5) is 55.6. The molecule has 210 valence electrons. The molecular weight excluding hydrogens is 484 g/mol. The van der Waals surface area contributed by atoms with E-state index in [1.807, 2.05) is 58.9 Å². The molecule has 2 unspecified atom stereocenters. The van der Waals surface area contributed by atoms with E-state index in [2.05, 4.69) is 22.5 Å². The van der Waals surface area contributed by atoms with E-state index in [4.69, 9.17) is 0 Å². The lowest BCUT2D eigenvalue weighted by Crippen LogP contribution is -2.58. The summed E-state index contributed by atoms with van der Waals surface area (Å²) in [5.41, 5.74) is 0.875. The highest BCUT2D eigenvalue weighted by molar-refractivity contribution is 6.07. The van der Waals surface area contributed by atoms with Crippen LogP contribution in [0.15, 0.2) is 24.3 Å². The van der Waals surface area contributed by atoms with Crippen LogP contribution in [0.4, 0.5) is 16.2 Å². The summed E-state index contributed by atoms with van der Waals surface area (Å²) < 4.78 is 0. The van der Waals surface area contributed by atoms with E-state index in [1.165, 1.54) is 4.90 Å². The topological polar surface area (TPSA) is 119 Å². The second-order valence-electron chi connectivity index (χ2n) is 12.3. The highest BCUT2D eigenvalue weighted by Crippen LogP contribution is 2.39. The second kappa shape index (κ2) is 12.2. The molecule has 2 aliphatic rings. The molecule has 0 bridgehead atoms. The van der Waals surface area contributed by atoms with Gasteiger partial charge in [-0.3, -0.25) is 9.59 Å². The van der Waals surface area contributed by atoms with Gasteiger partial charge in [0, 0.05) is 18.0 Å². The Morgan fingerprint density at radius 2 is 1.71 bits per heavy atom. The zero-order valence-electron chi connectivity index (χ0n) is 23.6. The van der Waals surface area contributed by atoms with Crippen molar-refractivity contribution in [2.75, 3.05) is 22.9 Å². The lowest BCUT2D eigenvalue weighted by Gasteiger charge is -2.41. The predicted molar refractivity (Wildman–Crippen MR) is 148 cm³/mol. The number of hydrogen-bond donors (Lipinski definition) is 3.